The number of halogens is 1. The summed E-state index contributed by atoms with van der Waals surface area (Å²) in [6.07, 6.45) is -0.650. The molecule has 0 saturated heterocycles. The maximum atomic E-state index is 10.3. The summed E-state index contributed by atoms with van der Waals surface area (Å²) in [4.78, 5) is 2.03. The Morgan fingerprint density at radius 2 is 1.86 bits per heavy atom. The van der Waals surface area contributed by atoms with Crippen LogP contribution in [0.2, 0.25) is 5.02 Å². The summed E-state index contributed by atoms with van der Waals surface area (Å²) in [5.74, 6) is 0.249. The van der Waals surface area contributed by atoms with Gasteiger partial charge in [0.15, 0.2) is 0 Å². The smallest absolute Gasteiger partial charge is 0.115 e. The van der Waals surface area contributed by atoms with Gasteiger partial charge in [-0.15, -0.1) is 0 Å². The Labute approximate surface area is 130 Å². The van der Waals surface area contributed by atoms with Gasteiger partial charge in [-0.2, -0.15) is 0 Å². The van der Waals surface area contributed by atoms with Crippen LogP contribution in [0.15, 0.2) is 48.5 Å². The molecule has 2 aromatic rings. The Morgan fingerprint density at radius 3 is 2.52 bits per heavy atom. The predicted molar refractivity (Wildman–Crippen MR) is 85.6 cm³/mol. The van der Waals surface area contributed by atoms with Crippen molar-refractivity contribution >= 4 is 11.6 Å². The van der Waals surface area contributed by atoms with Crippen LogP contribution in [0.1, 0.15) is 30.2 Å². The van der Waals surface area contributed by atoms with Crippen LogP contribution in [0.4, 0.5) is 0 Å². The van der Waals surface area contributed by atoms with Gasteiger partial charge < -0.3 is 10.2 Å². The summed E-state index contributed by atoms with van der Waals surface area (Å²) in [5.41, 5.74) is 1.73. The van der Waals surface area contributed by atoms with Gasteiger partial charge in [-0.3, -0.25) is 4.90 Å². The molecular weight excluding hydrogens is 286 g/mol. The third-order valence-electron chi connectivity index (χ3n) is 3.74. The van der Waals surface area contributed by atoms with E-state index in [1.807, 2.05) is 49.2 Å². The van der Waals surface area contributed by atoms with E-state index in [-0.39, 0.29) is 11.8 Å². The second-order valence-corrected chi connectivity index (χ2v) is 5.66. The highest BCUT2D eigenvalue weighted by molar-refractivity contribution is 6.31. The Kier molecular flexibility index (Phi) is 5.23. The molecule has 0 aliphatic rings. The van der Waals surface area contributed by atoms with Crippen molar-refractivity contribution in [3.8, 4) is 5.75 Å². The van der Waals surface area contributed by atoms with Crippen LogP contribution in [0, 0.1) is 0 Å². The number of hydrogen-bond donors (Lipinski definition) is 2. The molecule has 0 saturated carbocycles. The highest BCUT2D eigenvalue weighted by Gasteiger charge is 2.18. The molecule has 0 spiro atoms. The lowest BCUT2D eigenvalue weighted by molar-refractivity contribution is 0.108. The van der Waals surface area contributed by atoms with E-state index in [0.717, 1.165) is 11.1 Å². The van der Waals surface area contributed by atoms with Crippen LogP contribution in [0.3, 0.4) is 0 Å². The minimum atomic E-state index is -0.650. The van der Waals surface area contributed by atoms with Gasteiger partial charge in [-0.1, -0.05) is 41.9 Å². The zero-order valence-electron chi connectivity index (χ0n) is 12.2. The molecule has 2 aromatic carbocycles. The number of nitrogens with zero attached hydrogens (tertiary/aromatic N) is 1. The van der Waals surface area contributed by atoms with Gasteiger partial charge in [0.05, 0.1) is 6.10 Å². The van der Waals surface area contributed by atoms with Crippen LogP contribution in [-0.4, -0.2) is 28.7 Å². The molecule has 112 valence electrons. The van der Waals surface area contributed by atoms with Crippen LogP contribution in [0.25, 0.3) is 0 Å². The molecule has 0 heterocycles. The lowest BCUT2D eigenvalue weighted by Gasteiger charge is -2.27. The molecule has 4 heteroatoms. The fourth-order valence-electron chi connectivity index (χ4n) is 2.31. The van der Waals surface area contributed by atoms with Crippen LogP contribution >= 0.6 is 11.6 Å². The van der Waals surface area contributed by atoms with E-state index in [1.54, 1.807) is 18.2 Å². The molecule has 0 aliphatic carbocycles. The van der Waals surface area contributed by atoms with Gasteiger partial charge in [-0.05, 0) is 37.7 Å². The van der Waals surface area contributed by atoms with Crippen molar-refractivity contribution in [1.29, 1.82) is 0 Å². The second-order valence-electron chi connectivity index (χ2n) is 5.25. The van der Waals surface area contributed by atoms with Crippen molar-refractivity contribution in [3.05, 3.63) is 64.7 Å². The lowest BCUT2D eigenvalue weighted by atomic mass is 10.0. The van der Waals surface area contributed by atoms with E-state index in [0.29, 0.717) is 11.6 Å². The first-order valence-electron chi connectivity index (χ1n) is 6.90. The van der Waals surface area contributed by atoms with Crippen molar-refractivity contribution in [2.75, 3.05) is 13.6 Å². The van der Waals surface area contributed by atoms with Gasteiger partial charge in [-0.25, -0.2) is 0 Å². The number of phenolic OH excluding ortho intramolecular Hbond substituents is 1. The average Bonchev–Trinajstić information content (AvgIpc) is 2.46. The molecule has 0 fully saturated rings. The van der Waals surface area contributed by atoms with E-state index in [9.17, 15) is 10.2 Å². The van der Waals surface area contributed by atoms with E-state index >= 15 is 0 Å². The Hall–Kier alpha value is -1.55. The first-order chi connectivity index (χ1) is 9.99. The zero-order chi connectivity index (χ0) is 15.4. The minimum Gasteiger partial charge on any atom is -0.508 e. The number of likely N-dealkylation sites (N-methyl/N-ethyl adjacent to an activating group) is 1. The summed E-state index contributed by atoms with van der Waals surface area (Å²) in [7, 11) is 1.94. The Bertz CT molecular complexity index is 603. The van der Waals surface area contributed by atoms with Crippen LogP contribution in [0.5, 0.6) is 5.75 Å². The van der Waals surface area contributed by atoms with Gasteiger partial charge >= 0.3 is 0 Å². The predicted octanol–water partition coefficient (Wildman–Crippen LogP) is 3.77. The van der Waals surface area contributed by atoms with E-state index < -0.39 is 6.10 Å². The Balaban J connectivity index is 2.07. The van der Waals surface area contributed by atoms with Gasteiger partial charge in [0.25, 0.3) is 0 Å². The molecule has 0 aliphatic heterocycles. The molecule has 0 radical (unpaired) electrons. The molecule has 0 bridgehead atoms. The first-order valence-corrected chi connectivity index (χ1v) is 7.28. The minimum absolute atomic E-state index is 0.0780. The molecule has 3 nitrogen and oxygen atoms in total. The van der Waals surface area contributed by atoms with Crippen molar-refractivity contribution in [2.24, 2.45) is 0 Å². The number of aromatic hydroxyl groups is 1. The fourth-order valence-corrected chi connectivity index (χ4v) is 2.58. The third-order valence-corrected chi connectivity index (χ3v) is 4.08. The zero-order valence-corrected chi connectivity index (χ0v) is 13.0. The largest absolute Gasteiger partial charge is 0.508 e. The quantitative estimate of drug-likeness (QED) is 0.883. The summed E-state index contributed by atoms with van der Waals surface area (Å²) < 4.78 is 0. The number of hydrogen-bond acceptors (Lipinski definition) is 3. The van der Waals surface area contributed by atoms with Crippen molar-refractivity contribution in [3.63, 3.8) is 0 Å². The third kappa shape index (κ3) is 3.97. The van der Waals surface area contributed by atoms with E-state index in [1.165, 1.54) is 0 Å². The number of aliphatic hydroxyl groups is 1. The summed E-state index contributed by atoms with van der Waals surface area (Å²) >= 11 is 6.11. The number of phenols is 1. The monoisotopic (exact) mass is 305 g/mol. The van der Waals surface area contributed by atoms with E-state index in [2.05, 4.69) is 0 Å². The number of benzene rings is 2. The van der Waals surface area contributed by atoms with Gasteiger partial charge in [0.2, 0.25) is 0 Å². The Morgan fingerprint density at radius 1 is 1.14 bits per heavy atom. The maximum Gasteiger partial charge on any atom is 0.115 e. The summed E-state index contributed by atoms with van der Waals surface area (Å²) in [5, 5.41) is 20.5. The first kappa shape index (κ1) is 15.8. The molecular formula is C17H20ClNO2. The molecule has 0 aromatic heterocycles. The number of rotatable bonds is 5. The highest BCUT2D eigenvalue weighted by atomic mass is 35.5. The molecule has 2 rings (SSSR count). The topological polar surface area (TPSA) is 43.7 Å². The maximum absolute atomic E-state index is 10.3. The molecule has 21 heavy (non-hydrogen) atoms. The fraction of sp³-hybridized carbons (Fsp3) is 0.294. The lowest BCUT2D eigenvalue weighted by Crippen LogP contribution is -2.27. The average molecular weight is 306 g/mol. The molecule has 2 atom stereocenters. The van der Waals surface area contributed by atoms with Crippen molar-refractivity contribution in [2.45, 2.75) is 19.1 Å². The number of aliphatic hydroxyl groups excluding tert-OH is 1. The molecule has 2 N–H and O–H groups in total. The normalized spacial score (nSPS) is 14.1. The molecule has 0 amide bonds. The van der Waals surface area contributed by atoms with Gasteiger partial charge in [0, 0.05) is 23.2 Å². The highest BCUT2D eigenvalue weighted by Crippen LogP contribution is 2.27. The van der Waals surface area contributed by atoms with Crippen molar-refractivity contribution < 1.29 is 10.2 Å². The van der Waals surface area contributed by atoms with Crippen molar-refractivity contribution in [1.82, 2.24) is 4.90 Å². The van der Waals surface area contributed by atoms with Crippen LogP contribution in [-0.2, 0) is 0 Å². The standard InChI is InChI=1S/C17H20ClNO2/c1-12(13-6-5-7-14(20)10-13)19(2)11-17(21)15-8-3-4-9-16(15)18/h3-10,12,17,20-21H,11H2,1-2H3. The second kappa shape index (κ2) is 6.94. The SMILES string of the molecule is CC(c1cccc(O)c1)N(C)CC(O)c1ccccc1Cl. The van der Waals surface area contributed by atoms with Gasteiger partial charge in [0.1, 0.15) is 5.75 Å². The summed E-state index contributed by atoms with van der Waals surface area (Å²) in [6.45, 7) is 2.49. The van der Waals surface area contributed by atoms with Crippen LogP contribution < -0.4 is 0 Å². The summed E-state index contributed by atoms with van der Waals surface area (Å²) in [6, 6.07) is 14.6. The molecule has 2 unspecified atom stereocenters. The van der Waals surface area contributed by atoms with E-state index in [4.69, 9.17) is 11.6 Å².